The van der Waals surface area contributed by atoms with Crippen LogP contribution in [0.5, 0.6) is 0 Å². The monoisotopic (exact) mass is 396 g/mol. The third-order valence-corrected chi connectivity index (χ3v) is 4.49. The molecule has 0 saturated heterocycles. The summed E-state index contributed by atoms with van der Waals surface area (Å²) in [5, 5.41) is 10.3. The molecule has 1 aromatic carbocycles. The Morgan fingerprint density at radius 2 is 1.82 bits per heavy atom. The Kier molecular flexibility index (Phi) is 6.74. The number of hydrogen-bond acceptors (Lipinski definition) is 3. The van der Waals surface area contributed by atoms with Crippen LogP contribution >= 0.6 is 0 Å². The van der Waals surface area contributed by atoms with Crippen LogP contribution in [0.4, 0.5) is 13.2 Å². The van der Waals surface area contributed by atoms with E-state index in [9.17, 15) is 13.2 Å². The second kappa shape index (κ2) is 8.67. The first kappa shape index (κ1) is 21.8. The van der Waals surface area contributed by atoms with Crippen LogP contribution in [0.3, 0.4) is 0 Å². The maximum absolute atomic E-state index is 13.0. The van der Waals surface area contributed by atoms with E-state index in [1.165, 1.54) is 12.1 Å². The Morgan fingerprint density at radius 1 is 1.14 bits per heavy atom. The number of nitrogens with one attached hydrogen (secondary N) is 2. The van der Waals surface area contributed by atoms with Crippen molar-refractivity contribution in [2.24, 2.45) is 4.99 Å². The number of benzene rings is 1. The fourth-order valence-corrected chi connectivity index (χ4v) is 2.60. The molecule has 0 unspecified atom stereocenters. The summed E-state index contributed by atoms with van der Waals surface area (Å²) in [5.74, 6) is 1.49. The molecule has 1 aromatic heterocycles. The van der Waals surface area contributed by atoms with Crippen molar-refractivity contribution >= 4 is 5.96 Å². The van der Waals surface area contributed by atoms with E-state index in [0.717, 1.165) is 11.8 Å². The van der Waals surface area contributed by atoms with E-state index in [4.69, 9.17) is 4.52 Å². The Hall–Kier alpha value is -2.51. The molecule has 0 atom stereocenters. The Labute approximate surface area is 163 Å². The number of halogens is 3. The molecule has 2 N–H and O–H groups in total. The van der Waals surface area contributed by atoms with Crippen molar-refractivity contribution in [1.82, 2.24) is 15.8 Å². The van der Waals surface area contributed by atoms with Gasteiger partial charge in [0.25, 0.3) is 0 Å². The minimum atomic E-state index is -4.36. The molecule has 0 saturated carbocycles. The number of hydrogen-bond donors (Lipinski definition) is 2. The highest BCUT2D eigenvalue weighted by molar-refractivity contribution is 5.79. The van der Waals surface area contributed by atoms with Gasteiger partial charge in [-0.15, -0.1) is 0 Å². The maximum atomic E-state index is 13.0. The van der Waals surface area contributed by atoms with Gasteiger partial charge < -0.3 is 15.2 Å². The quantitative estimate of drug-likeness (QED) is 0.559. The fourth-order valence-electron chi connectivity index (χ4n) is 2.60. The molecule has 0 fully saturated rings. The number of aromatic nitrogens is 1. The molecule has 28 heavy (non-hydrogen) atoms. The molecule has 0 amide bonds. The Balaban J connectivity index is 1.98. The molecule has 0 bridgehead atoms. The van der Waals surface area contributed by atoms with Crippen LogP contribution < -0.4 is 10.6 Å². The van der Waals surface area contributed by atoms with Crippen LogP contribution in [0.15, 0.2) is 39.8 Å². The van der Waals surface area contributed by atoms with E-state index in [0.29, 0.717) is 30.4 Å². The number of rotatable bonds is 6. The average Bonchev–Trinajstić information content (AvgIpc) is 3.10. The van der Waals surface area contributed by atoms with Crippen molar-refractivity contribution in [3.05, 3.63) is 52.9 Å². The molecule has 154 valence electrons. The summed E-state index contributed by atoms with van der Waals surface area (Å²) >= 11 is 0. The molecule has 0 spiro atoms. The summed E-state index contributed by atoms with van der Waals surface area (Å²) in [6, 6.07) is 7.30. The molecule has 2 rings (SSSR count). The summed E-state index contributed by atoms with van der Waals surface area (Å²) in [5.41, 5.74) is 0.301. The zero-order valence-electron chi connectivity index (χ0n) is 16.8. The van der Waals surface area contributed by atoms with Crippen molar-refractivity contribution in [2.75, 3.05) is 13.6 Å². The van der Waals surface area contributed by atoms with Crippen LogP contribution in [-0.4, -0.2) is 24.7 Å². The predicted octanol–water partition coefficient (Wildman–Crippen LogP) is 4.46. The van der Waals surface area contributed by atoms with Gasteiger partial charge in [-0.05, 0) is 17.5 Å². The number of aliphatic imine (C=N–C) groups is 1. The number of guanidine groups is 1. The lowest BCUT2D eigenvalue weighted by Gasteiger charge is -2.27. The van der Waals surface area contributed by atoms with Crippen LogP contribution in [0.2, 0.25) is 0 Å². The highest BCUT2D eigenvalue weighted by Gasteiger charge is 2.32. The van der Waals surface area contributed by atoms with Crippen molar-refractivity contribution in [3.63, 3.8) is 0 Å². The van der Waals surface area contributed by atoms with Gasteiger partial charge in [0.2, 0.25) is 0 Å². The molecule has 0 aliphatic rings. The van der Waals surface area contributed by atoms with E-state index < -0.39 is 17.2 Å². The summed E-state index contributed by atoms with van der Waals surface area (Å²) in [4.78, 5) is 4.15. The Bertz CT molecular complexity index is 810. The van der Waals surface area contributed by atoms with Crippen LogP contribution in [0.1, 0.15) is 56.2 Å². The zero-order chi connectivity index (χ0) is 20.9. The van der Waals surface area contributed by atoms with E-state index in [2.05, 4.69) is 20.8 Å². The smallest absolute Gasteiger partial charge is 0.359 e. The van der Waals surface area contributed by atoms with Gasteiger partial charge in [0.15, 0.2) is 11.7 Å². The largest absolute Gasteiger partial charge is 0.416 e. The van der Waals surface area contributed by atoms with Crippen LogP contribution in [-0.2, 0) is 18.1 Å². The molecule has 5 nitrogen and oxygen atoms in total. The van der Waals surface area contributed by atoms with Crippen molar-refractivity contribution < 1.29 is 17.7 Å². The second-order valence-electron chi connectivity index (χ2n) is 7.61. The summed E-state index contributed by atoms with van der Waals surface area (Å²) in [6.07, 6.45) is -4.36. The third-order valence-electron chi connectivity index (χ3n) is 4.49. The van der Waals surface area contributed by atoms with Crippen molar-refractivity contribution in [1.29, 1.82) is 0 Å². The van der Waals surface area contributed by atoms with Crippen molar-refractivity contribution in [2.45, 2.75) is 51.7 Å². The number of alkyl halides is 3. The lowest BCUT2D eigenvalue weighted by Crippen LogP contribution is -2.43. The van der Waals surface area contributed by atoms with Gasteiger partial charge in [0.1, 0.15) is 0 Å². The van der Waals surface area contributed by atoms with Gasteiger partial charge in [-0.25, -0.2) is 0 Å². The Morgan fingerprint density at radius 3 is 2.39 bits per heavy atom. The van der Waals surface area contributed by atoms with Gasteiger partial charge in [0.05, 0.1) is 17.8 Å². The standard InChI is InChI=1S/C20H27F3N4O/c1-13(2)17-10-16(28-27-17)11-25-18(24-5)26-12-19(3,4)14-7-6-8-15(9-14)20(21,22)23/h6-10,13H,11-12H2,1-5H3,(H2,24,25,26). The summed E-state index contributed by atoms with van der Waals surface area (Å²) in [7, 11) is 1.63. The maximum Gasteiger partial charge on any atom is 0.416 e. The highest BCUT2D eigenvalue weighted by Crippen LogP contribution is 2.32. The molecule has 8 heteroatoms. The first-order chi connectivity index (χ1) is 13.0. The van der Waals surface area contributed by atoms with Gasteiger partial charge >= 0.3 is 6.18 Å². The SMILES string of the molecule is CN=C(NCc1cc(C(C)C)no1)NCC(C)(C)c1cccc(C(F)(F)F)c1. The lowest BCUT2D eigenvalue weighted by molar-refractivity contribution is -0.137. The van der Waals surface area contributed by atoms with Crippen LogP contribution in [0.25, 0.3) is 0 Å². The van der Waals surface area contributed by atoms with Gasteiger partial charge in [-0.1, -0.05) is 51.1 Å². The zero-order valence-corrected chi connectivity index (χ0v) is 16.8. The van der Waals surface area contributed by atoms with E-state index in [1.54, 1.807) is 13.1 Å². The fraction of sp³-hybridized carbons (Fsp3) is 0.500. The topological polar surface area (TPSA) is 62.5 Å². The van der Waals surface area contributed by atoms with Gasteiger partial charge in [-0.2, -0.15) is 13.2 Å². The molecule has 0 radical (unpaired) electrons. The summed E-state index contributed by atoms with van der Waals surface area (Å²) < 4.78 is 44.2. The molecule has 2 aromatic rings. The highest BCUT2D eigenvalue weighted by atomic mass is 19.4. The van der Waals surface area contributed by atoms with Crippen molar-refractivity contribution in [3.8, 4) is 0 Å². The summed E-state index contributed by atoms with van der Waals surface area (Å²) in [6.45, 7) is 8.64. The molecule has 0 aliphatic carbocycles. The third kappa shape index (κ3) is 5.74. The first-order valence-electron chi connectivity index (χ1n) is 9.10. The van der Waals surface area contributed by atoms with E-state index in [1.807, 2.05) is 33.8 Å². The molecular formula is C20H27F3N4O. The normalized spacial score (nSPS) is 13.1. The first-order valence-corrected chi connectivity index (χ1v) is 9.10. The van der Waals surface area contributed by atoms with Gasteiger partial charge in [-0.3, -0.25) is 4.99 Å². The minimum absolute atomic E-state index is 0.281. The van der Waals surface area contributed by atoms with E-state index >= 15 is 0 Å². The molecule has 1 heterocycles. The second-order valence-corrected chi connectivity index (χ2v) is 7.61. The number of nitrogens with zero attached hydrogens (tertiary/aromatic N) is 2. The molecule has 0 aliphatic heterocycles. The van der Waals surface area contributed by atoms with Crippen LogP contribution in [0, 0.1) is 0 Å². The minimum Gasteiger partial charge on any atom is -0.359 e. The predicted molar refractivity (Wildman–Crippen MR) is 103 cm³/mol. The molecular weight excluding hydrogens is 369 g/mol. The average molecular weight is 396 g/mol. The van der Waals surface area contributed by atoms with E-state index in [-0.39, 0.29) is 5.92 Å². The lowest BCUT2D eigenvalue weighted by atomic mass is 9.84. The van der Waals surface area contributed by atoms with Gasteiger partial charge in [0, 0.05) is 25.1 Å².